The molecule has 6 nitrogen and oxygen atoms in total. The smallest absolute Gasteiger partial charge is 0.298 e. The summed E-state index contributed by atoms with van der Waals surface area (Å²) in [7, 11) is 1.63. The first kappa shape index (κ1) is 23.1. The fraction of sp³-hybridized carbons (Fsp3) is 0.353. The Kier molecular flexibility index (Phi) is 10.0. The Morgan fingerprint density at radius 2 is 2.08 bits per heavy atom. The van der Waals surface area contributed by atoms with Crippen molar-refractivity contribution in [2.45, 2.75) is 26.3 Å². The van der Waals surface area contributed by atoms with Crippen LogP contribution in [0.25, 0.3) is 10.9 Å². The van der Waals surface area contributed by atoms with E-state index in [9.17, 15) is 4.79 Å². The summed E-state index contributed by atoms with van der Waals surface area (Å²) in [6, 6.07) is 9.15. The van der Waals surface area contributed by atoms with Crippen LogP contribution in [0.1, 0.15) is 26.0 Å². The summed E-state index contributed by atoms with van der Waals surface area (Å²) >= 11 is 0. The summed E-state index contributed by atoms with van der Waals surface area (Å²) in [6.45, 7) is 4.12. The summed E-state index contributed by atoms with van der Waals surface area (Å²) in [5, 5.41) is 4.95. The van der Waals surface area contributed by atoms with Gasteiger partial charge in [0.1, 0.15) is 5.75 Å². The minimum Gasteiger partial charge on any atom is -1.00 e. The number of benzene rings is 1. The van der Waals surface area contributed by atoms with E-state index in [0.29, 0.717) is 11.6 Å². The van der Waals surface area contributed by atoms with E-state index in [2.05, 4.69) is 35.1 Å². The van der Waals surface area contributed by atoms with Gasteiger partial charge in [0.25, 0.3) is 5.91 Å². The fourth-order valence-electron chi connectivity index (χ4n) is 2.25. The first-order chi connectivity index (χ1) is 11.0. The average molecular weight is 387 g/mol. The second-order valence-corrected chi connectivity index (χ2v) is 5.86. The molecular weight excluding hydrogens is 363 g/mol. The van der Waals surface area contributed by atoms with Crippen LogP contribution in [0.5, 0.6) is 5.75 Å². The van der Waals surface area contributed by atoms with Gasteiger partial charge in [0.2, 0.25) is 0 Å². The highest BCUT2D eigenvalue weighted by atomic mass is 35.5. The molecule has 138 valence electrons. The Morgan fingerprint density at radius 3 is 2.72 bits per heavy atom. The molecular formula is C17H24Cl2N4O2. The van der Waals surface area contributed by atoms with Gasteiger partial charge in [-0.25, -0.2) is 10.4 Å². The monoisotopic (exact) mass is 386 g/mol. The van der Waals surface area contributed by atoms with Gasteiger partial charge in [-0.05, 0) is 30.2 Å². The van der Waals surface area contributed by atoms with Crippen molar-refractivity contribution in [1.29, 1.82) is 0 Å². The van der Waals surface area contributed by atoms with Crippen molar-refractivity contribution in [2.24, 2.45) is 11.0 Å². The van der Waals surface area contributed by atoms with Crippen molar-refractivity contribution in [3.05, 3.63) is 36.0 Å². The summed E-state index contributed by atoms with van der Waals surface area (Å²) in [5.74, 6) is 1.03. The molecule has 0 unspecified atom stereocenters. The highest BCUT2D eigenvalue weighted by molar-refractivity contribution is 5.87. The third kappa shape index (κ3) is 6.86. The zero-order valence-corrected chi connectivity index (χ0v) is 16.1. The number of rotatable bonds is 6. The van der Waals surface area contributed by atoms with Gasteiger partial charge in [0, 0.05) is 11.8 Å². The molecule has 2 rings (SSSR count). The maximum Gasteiger partial charge on any atom is 0.298 e. The number of nitrogens with zero attached hydrogens (tertiary/aromatic N) is 2. The Hall–Kier alpha value is -1.89. The first-order valence-electron chi connectivity index (χ1n) is 7.60. The molecule has 8 heteroatoms. The number of ether oxygens (including phenoxy) is 1. The maximum atomic E-state index is 11.8. The number of quaternary nitrogens is 1. The molecule has 1 aromatic heterocycles. The van der Waals surface area contributed by atoms with Gasteiger partial charge in [-0.15, -0.1) is 12.4 Å². The molecule has 0 radical (unpaired) electrons. The van der Waals surface area contributed by atoms with E-state index in [0.717, 1.165) is 23.1 Å². The van der Waals surface area contributed by atoms with Crippen molar-refractivity contribution in [3.8, 4) is 5.75 Å². The van der Waals surface area contributed by atoms with E-state index in [1.807, 2.05) is 30.3 Å². The number of fused-ring (bicyclic) bond motifs is 1. The number of hydrogen-bond donors (Lipinski definition) is 2. The van der Waals surface area contributed by atoms with Crippen LogP contribution in [0, 0.1) is 5.92 Å². The average Bonchev–Trinajstić information content (AvgIpc) is 2.53. The summed E-state index contributed by atoms with van der Waals surface area (Å²) in [6.07, 6.45) is 2.26. The van der Waals surface area contributed by atoms with Gasteiger partial charge < -0.3 is 22.9 Å². The van der Waals surface area contributed by atoms with Gasteiger partial charge in [-0.2, -0.15) is 5.10 Å². The molecule has 25 heavy (non-hydrogen) atoms. The second kappa shape index (κ2) is 10.9. The van der Waals surface area contributed by atoms with Crippen LogP contribution < -0.4 is 28.3 Å². The minimum absolute atomic E-state index is 0. The molecule has 1 aromatic carbocycles. The standard InChI is InChI=1S/C17H22N4O2.2ClH/c1-11(2)8-15(18)17(22)21-19-10-13-5-4-12-9-14(23-3)6-7-16(12)20-13;;/h4-7,9-11,15H,8,18H2,1-3H3,(H,21,22);2*1H/b19-10+;;/t15-;;/m0../s1. The molecule has 2 aromatic rings. The van der Waals surface area contributed by atoms with Crippen molar-refractivity contribution in [2.75, 3.05) is 7.11 Å². The largest absolute Gasteiger partial charge is 1.00 e. The molecule has 0 aliphatic carbocycles. The van der Waals surface area contributed by atoms with Crippen molar-refractivity contribution in [1.82, 2.24) is 10.4 Å². The Balaban J connectivity index is 0.00000288. The number of hydrazone groups is 1. The number of carbonyl (C=O) groups is 1. The van der Waals surface area contributed by atoms with Crippen LogP contribution in [0.2, 0.25) is 0 Å². The molecule has 1 heterocycles. The van der Waals surface area contributed by atoms with Crippen LogP contribution in [0.15, 0.2) is 35.4 Å². The molecule has 0 aliphatic rings. The lowest BCUT2D eigenvalue weighted by Gasteiger charge is -2.08. The number of halogens is 2. The topological polar surface area (TPSA) is 91.2 Å². The zero-order chi connectivity index (χ0) is 16.8. The molecule has 0 bridgehead atoms. The molecule has 1 amide bonds. The Morgan fingerprint density at radius 1 is 1.36 bits per heavy atom. The van der Waals surface area contributed by atoms with Crippen LogP contribution in [-0.4, -0.2) is 30.3 Å². The fourth-order valence-corrected chi connectivity index (χ4v) is 2.25. The van der Waals surface area contributed by atoms with Gasteiger partial charge in [-0.3, -0.25) is 4.79 Å². The molecule has 0 saturated heterocycles. The van der Waals surface area contributed by atoms with Crippen LogP contribution in [0.4, 0.5) is 0 Å². The van der Waals surface area contributed by atoms with Crippen LogP contribution in [-0.2, 0) is 4.79 Å². The van der Waals surface area contributed by atoms with Crippen molar-refractivity contribution in [3.63, 3.8) is 0 Å². The number of carbonyl (C=O) groups excluding carboxylic acids is 1. The third-order valence-electron chi connectivity index (χ3n) is 3.42. The lowest BCUT2D eigenvalue weighted by molar-refractivity contribution is -0.406. The number of pyridine rings is 1. The maximum absolute atomic E-state index is 11.8. The summed E-state index contributed by atoms with van der Waals surface area (Å²) < 4.78 is 5.19. The third-order valence-corrected chi connectivity index (χ3v) is 3.42. The Labute approximate surface area is 160 Å². The molecule has 1 atom stereocenters. The van der Waals surface area contributed by atoms with Gasteiger partial charge >= 0.3 is 0 Å². The quantitative estimate of drug-likeness (QED) is 0.481. The highest BCUT2D eigenvalue weighted by Crippen LogP contribution is 2.19. The first-order valence-corrected chi connectivity index (χ1v) is 7.60. The van der Waals surface area contributed by atoms with Crippen LogP contribution >= 0.6 is 12.4 Å². The number of nitrogens with one attached hydrogen (secondary N) is 1. The summed E-state index contributed by atoms with van der Waals surface area (Å²) in [4.78, 5) is 16.3. The SMILES string of the molecule is COc1ccc2nc(/C=N/NC(=O)[C@@H]([NH3+])CC(C)C)ccc2c1.Cl.[Cl-]. The van der Waals surface area contributed by atoms with Crippen molar-refractivity contribution >= 4 is 35.4 Å². The zero-order valence-electron chi connectivity index (χ0n) is 14.5. The second-order valence-electron chi connectivity index (χ2n) is 5.86. The van der Waals surface area contributed by atoms with E-state index in [1.165, 1.54) is 6.21 Å². The minimum atomic E-state index is -0.302. The van der Waals surface area contributed by atoms with E-state index in [4.69, 9.17) is 4.74 Å². The normalized spacial score (nSPS) is 11.7. The van der Waals surface area contributed by atoms with E-state index >= 15 is 0 Å². The predicted octanol–water partition coefficient (Wildman–Crippen LogP) is -1.22. The number of amides is 1. The lowest BCUT2D eigenvalue weighted by Crippen LogP contribution is -3.00. The van der Waals surface area contributed by atoms with Gasteiger partial charge in [0.15, 0.2) is 6.04 Å². The van der Waals surface area contributed by atoms with Crippen molar-refractivity contribution < 1.29 is 27.7 Å². The van der Waals surface area contributed by atoms with Crippen LogP contribution in [0.3, 0.4) is 0 Å². The lowest BCUT2D eigenvalue weighted by atomic mass is 10.0. The molecule has 4 N–H and O–H groups in total. The predicted molar refractivity (Wildman–Crippen MR) is 97.4 cm³/mol. The molecule has 0 fully saturated rings. The highest BCUT2D eigenvalue weighted by Gasteiger charge is 2.17. The summed E-state index contributed by atoms with van der Waals surface area (Å²) in [5.41, 5.74) is 7.88. The number of aromatic nitrogens is 1. The number of hydrogen-bond acceptors (Lipinski definition) is 4. The molecule has 0 aliphatic heterocycles. The van der Waals surface area contributed by atoms with E-state index < -0.39 is 0 Å². The van der Waals surface area contributed by atoms with Gasteiger partial charge in [-0.1, -0.05) is 19.9 Å². The van der Waals surface area contributed by atoms with Gasteiger partial charge in [0.05, 0.1) is 24.5 Å². The Bertz CT molecular complexity index is 723. The van der Waals surface area contributed by atoms with E-state index in [-0.39, 0.29) is 36.8 Å². The number of methoxy groups -OCH3 is 1. The molecule has 0 spiro atoms. The molecule has 0 saturated carbocycles. The van der Waals surface area contributed by atoms with E-state index in [1.54, 1.807) is 7.11 Å².